The Kier molecular flexibility index (Phi) is 4.01. The van der Waals surface area contributed by atoms with Crippen molar-refractivity contribution in [3.63, 3.8) is 0 Å². The van der Waals surface area contributed by atoms with Crippen LogP contribution in [0.4, 0.5) is 4.39 Å². The SMILES string of the molecule is C=C(C)C1CCc2c(-c3ccc(P)cc3F)cc(C)nc2O1. The molecule has 22 heavy (non-hydrogen) atoms. The Balaban J connectivity index is 2.12. The van der Waals surface area contributed by atoms with Gasteiger partial charge in [-0.1, -0.05) is 18.7 Å². The first-order valence-electron chi connectivity index (χ1n) is 7.33. The van der Waals surface area contributed by atoms with Crippen molar-refractivity contribution >= 4 is 14.5 Å². The van der Waals surface area contributed by atoms with Crippen LogP contribution in [0.2, 0.25) is 0 Å². The van der Waals surface area contributed by atoms with Crippen molar-refractivity contribution in [3.8, 4) is 17.0 Å². The van der Waals surface area contributed by atoms with E-state index in [1.165, 1.54) is 6.07 Å². The Morgan fingerprint density at radius 3 is 2.82 bits per heavy atom. The summed E-state index contributed by atoms with van der Waals surface area (Å²) in [6.45, 7) is 7.83. The second-order valence-electron chi connectivity index (χ2n) is 5.83. The number of hydrogen-bond acceptors (Lipinski definition) is 2. The van der Waals surface area contributed by atoms with Crippen LogP contribution in [0.1, 0.15) is 24.6 Å². The number of ether oxygens (including phenoxy) is 1. The Morgan fingerprint density at radius 2 is 2.14 bits per heavy atom. The quantitative estimate of drug-likeness (QED) is 0.618. The maximum atomic E-state index is 14.4. The Hall–Kier alpha value is -1.73. The minimum absolute atomic E-state index is 0.00563. The van der Waals surface area contributed by atoms with E-state index in [0.717, 1.165) is 40.5 Å². The number of aromatic nitrogens is 1. The lowest BCUT2D eigenvalue weighted by atomic mass is 9.93. The number of hydrogen-bond donors (Lipinski definition) is 0. The first kappa shape index (κ1) is 15.2. The molecule has 114 valence electrons. The van der Waals surface area contributed by atoms with Gasteiger partial charge in [-0.15, -0.1) is 9.24 Å². The maximum Gasteiger partial charge on any atom is 0.217 e. The topological polar surface area (TPSA) is 22.1 Å². The fourth-order valence-corrected chi connectivity index (χ4v) is 3.06. The molecule has 0 fully saturated rings. The fraction of sp³-hybridized carbons (Fsp3) is 0.278. The third kappa shape index (κ3) is 2.78. The highest BCUT2D eigenvalue weighted by atomic mass is 31.0. The van der Waals surface area contributed by atoms with E-state index < -0.39 is 0 Å². The smallest absolute Gasteiger partial charge is 0.217 e. The van der Waals surface area contributed by atoms with Crippen LogP contribution in [-0.4, -0.2) is 11.1 Å². The van der Waals surface area contributed by atoms with Gasteiger partial charge in [-0.3, -0.25) is 0 Å². The zero-order chi connectivity index (χ0) is 15.9. The van der Waals surface area contributed by atoms with Crippen molar-refractivity contribution in [2.24, 2.45) is 0 Å². The second kappa shape index (κ2) is 5.81. The molecule has 1 aromatic heterocycles. The van der Waals surface area contributed by atoms with E-state index in [-0.39, 0.29) is 11.9 Å². The number of halogens is 1. The van der Waals surface area contributed by atoms with Gasteiger partial charge in [-0.25, -0.2) is 9.37 Å². The number of pyridine rings is 1. The van der Waals surface area contributed by atoms with Gasteiger partial charge in [0.05, 0.1) is 0 Å². The molecular weight excluding hydrogens is 296 g/mol. The minimum Gasteiger partial charge on any atom is -0.470 e. The summed E-state index contributed by atoms with van der Waals surface area (Å²) in [5.41, 5.74) is 4.29. The van der Waals surface area contributed by atoms with Crippen molar-refractivity contribution in [1.82, 2.24) is 4.98 Å². The summed E-state index contributed by atoms with van der Waals surface area (Å²) < 4.78 is 20.3. The Bertz CT molecular complexity index is 757. The standard InChI is InChI=1S/C18H19FNOP/c1-10(2)17-7-6-14-15(8-11(3)20-18(14)21-17)13-5-4-12(22)9-16(13)19/h4-5,8-9,17H,1,6-7,22H2,2-3H3. The summed E-state index contributed by atoms with van der Waals surface area (Å²) in [4.78, 5) is 4.49. The summed E-state index contributed by atoms with van der Waals surface area (Å²) in [5, 5.41) is 0.833. The van der Waals surface area contributed by atoms with Crippen LogP contribution in [0.15, 0.2) is 36.4 Å². The first-order valence-corrected chi connectivity index (χ1v) is 7.91. The van der Waals surface area contributed by atoms with Crippen LogP contribution < -0.4 is 10.0 Å². The van der Waals surface area contributed by atoms with E-state index >= 15 is 0 Å². The lowest BCUT2D eigenvalue weighted by molar-refractivity contribution is 0.198. The minimum atomic E-state index is -0.220. The molecule has 0 radical (unpaired) electrons. The first-order chi connectivity index (χ1) is 10.5. The van der Waals surface area contributed by atoms with Crippen molar-refractivity contribution in [2.45, 2.75) is 32.8 Å². The molecule has 0 saturated heterocycles. The van der Waals surface area contributed by atoms with Gasteiger partial charge in [0.15, 0.2) is 0 Å². The molecule has 0 N–H and O–H groups in total. The van der Waals surface area contributed by atoms with Crippen LogP contribution in [0.5, 0.6) is 5.88 Å². The molecule has 2 unspecified atom stereocenters. The third-order valence-corrected chi connectivity index (χ3v) is 4.32. The molecule has 0 aliphatic carbocycles. The molecule has 0 amide bonds. The lowest BCUT2D eigenvalue weighted by Crippen LogP contribution is -2.24. The number of aryl methyl sites for hydroxylation is 1. The fourth-order valence-electron chi connectivity index (χ4n) is 2.82. The van der Waals surface area contributed by atoms with Gasteiger partial charge >= 0.3 is 0 Å². The van der Waals surface area contributed by atoms with Crippen LogP contribution in [0, 0.1) is 12.7 Å². The predicted octanol–water partition coefficient (Wildman–Crippen LogP) is 3.97. The molecule has 2 heterocycles. The summed E-state index contributed by atoms with van der Waals surface area (Å²) in [6, 6.07) is 7.18. The molecule has 1 aromatic carbocycles. The van der Waals surface area contributed by atoms with Gasteiger partial charge in [0.1, 0.15) is 11.9 Å². The van der Waals surface area contributed by atoms with E-state index in [1.54, 1.807) is 0 Å². The van der Waals surface area contributed by atoms with Crippen molar-refractivity contribution in [2.75, 3.05) is 0 Å². The normalized spacial score (nSPS) is 16.8. The van der Waals surface area contributed by atoms with Gasteiger partial charge in [0.2, 0.25) is 5.88 Å². The second-order valence-corrected chi connectivity index (χ2v) is 6.49. The third-order valence-electron chi connectivity index (χ3n) is 3.96. The molecule has 2 aromatic rings. The molecular formula is C18H19FNOP. The van der Waals surface area contributed by atoms with Crippen LogP contribution in [0.3, 0.4) is 0 Å². The van der Waals surface area contributed by atoms with Gasteiger partial charge in [-0.2, -0.15) is 0 Å². The summed E-state index contributed by atoms with van der Waals surface area (Å²) in [5.74, 6) is 0.394. The molecule has 0 spiro atoms. The number of rotatable bonds is 2. The highest BCUT2D eigenvalue weighted by molar-refractivity contribution is 7.27. The molecule has 0 saturated carbocycles. The van der Waals surface area contributed by atoms with Gasteiger partial charge in [0.25, 0.3) is 0 Å². The Morgan fingerprint density at radius 1 is 1.36 bits per heavy atom. The predicted molar refractivity (Wildman–Crippen MR) is 91.3 cm³/mol. The van der Waals surface area contributed by atoms with Crippen LogP contribution in [0.25, 0.3) is 11.1 Å². The molecule has 3 rings (SSSR count). The number of benzene rings is 1. The summed E-state index contributed by atoms with van der Waals surface area (Å²) >= 11 is 0. The van der Waals surface area contributed by atoms with E-state index in [2.05, 4.69) is 20.8 Å². The van der Waals surface area contributed by atoms with Gasteiger partial charge in [0, 0.05) is 16.8 Å². The molecule has 4 heteroatoms. The van der Waals surface area contributed by atoms with E-state index in [9.17, 15) is 4.39 Å². The molecule has 1 aliphatic rings. The maximum absolute atomic E-state index is 14.4. The molecule has 2 atom stereocenters. The van der Waals surface area contributed by atoms with E-state index in [1.807, 2.05) is 32.0 Å². The number of nitrogens with zero attached hydrogens (tertiary/aromatic N) is 1. The zero-order valence-corrected chi connectivity index (χ0v) is 14.0. The Labute approximate surface area is 132 Å². The average molecular weight is 315 g/mol. The van der Waals surface area contributed by atoms with Gasteiger partial charge in [-0.05, 0) is 55.3 Å². The monoisotopic (exact) mass is 315 g/mol. The van der Waals surface area contributed by atoms with Crippen molar-refractivity contribution < 1.29 is 9.13 Å². The van der Waals surface area contributed by atoms with Crippen LogP contribution in [-0.2, 0) is 6.42 Å². The summed E-state index contributed by atoms with van der Waals surface area (Å²) in [7, 11) is 2.51. The largest absolute Gasteiger partial charge is 0.470 e. The lowest BCUT2D eigenvalue weighted by Gasteiger charge is -2.27. The highest BCUT2D eigenvalue weighted by Crippen LogP contribution is 2.37. The zero-order valence-electron chi connectivity index (χ0n) is 12.8. The van der Waals surface area contributed by atoms with Crippen molar-refractivity contribution in [1.29, 1.82) is 0 Å². The van der Waals surface area contributed by atoms with Crippen molar-refractivity contribution in [3.05, 3.63) is 53.5 Å². The highest BCUT2D eigenvalue weighted by Gasteiger charge is 2.25. The summed E-state index contributed by atoms with van der Waals surface area (Å²) in [6.07, 6.45) is 1.66. The average Bonchev–Trinajstić information content (AvgIpc) is 2.45. The number of fused-ring (bicyclic) bond motifs is 1. The molecule has 2 nitrogen and oxygen atoms in total. The van der Waals surface area contributed by atoms with E-state index in [4.69, 9.17) is 4.74 Å². The van der Waals surface area contributed by atoms with E-state index in [0.29, 0.717) is 11.4 Å². The molecule has 1 aliphatic heterocycles. The molecule has 0 bridgehead atoms. The van der Waals surface area contributed by atoms with Gasteiger partial charge < -0.3 is 4.74 Å². The van der Waals surface area contributed by atoms with Crippen LogP contribution >= 0.6 is 9.24 Å².